The molecule has 1 saturated carbocycles. The SMILES string of the molecule is CCN1CCN(c2ccc(C(=O)NC3CC34CCN(C(=O)c3ccccc3OC(F)(F)F)CC4)cc2)CC1. The molecule has 2 aromatic rings. The van der Waals surface area contributed by atoms with Gasteiger partial charge in [0.15, 0.2) is 0 Å². The van der Waals surface area contributed by atoms with Crippen molar-refractivity contribution in [2.45, 2.75) is 38.6 Å². The Morgan fingerprint density at radius 1 is 0.974 bits per heavy atom. The van der Waals surface area contributed by atoms with Crippen LogP contribution in [0.5, 0.6) is 5.75 Å². The first kappa shape index (κ1) is 26.3. The van der Waals surface area contributed by atoms with Gasteiger partial charge in [-0.05, 0) is 67.6 Å². The number of piperazine rings is 1. The van der Waals surface area contributed by atoms with Crippen molar-refractivity contribution in [1.82, 2.24) is 15.1 Å². The number of likely N-dealkylation sites (N-methyl/N-ethyl adjacent to an activating group) is 1. The predicted octanol–water partition coefficient (Wildman–Crippen LogP) is 4.15. The highest BCUT2D eigenvalue weighted by molar-refractivity contribution is 5.97. The third-order valence-electron chi connectivity index (χ3n) is 8.20. The second kappa shape index (κ2) is 10.5. The van der Waals surface area contributed by atoms with E-state index < -0.39 is 18.0 Å². The molecule has 5 rings (SSSR count). The standard InChI is InChI=1S/C28H33F3N4O3/c1-2-33-15-17-34(18-16-33)21-9-7-20(8-10-21)25(36)32-24-19-27(24)11-13-35(14-12-27)26(37)22-5-3-4-6-23(22)38-28(29,30)31/h3-10,24H,2,11-19H2,1H3,(H,32,36). The Labute approximate surface area is 220 Å². The summed E-state index contributed by atoms with van der Waals surface area (Å²) >= 11 is 0. The number of ether oxygens (including phenoxy) is 1. The van der Waals surface area contributed by atoms with E-state index >= 15 is 0 Å². The maximum atomic E-state index is 13.0. The number of halogens is 3. The van der Waals surface area contributed by atoms with E-state index in [1.807, 2.05) is 24.3 Å². The van der Waals surface area contributed by atoms with Crippen LogP contribution in [0.3, 0.4) is 0 Å². The number of rotatable bonds is 6. The minimum atomic E-state index is -4.87. The van der Waals surface area contributed by atoms with Crippen LogP contribution in [0, 0.1) is 5.41 Å². The summed E-state index contributed by atoms with van der Waals surface area (Å²) in [5.74, 6) is -1.07. The first-order chi connectivity index (χ1) is 18.2. The number of carbonyl (C=O) groups excluding carboxylic acids is 2. The van der Waals surface area contributed by atoms with E-state index in [0.29, 0.717) is 31.5 Å². The zero-order chi connectivity index (χ0) is 26.9. The molecular weight excluding hydrogens is 497 g/mol. The Bertz CT molecular complexity index is 1150. The van der Waals surface area contributed by atoms with Crippen molar-refractivity contribution < 1.29 is 27.5 Å². The fraction of sp³-hybridized carbons (Fsp3) is 0.500. The summed E-state index contributed by atoms with van der Waals surface area (Å²) in [4.78, 5) is 32.2. The van der Waals surface area contributed by atoms with Crippen LogP contribution in [0.25, 0.3) is 0 Å². The lowest BCUT2D eigenvalue weighted by molar-refractivity contribution is -0.274. The van der Waals surface area contributed by atoms with Gasteiger partial charge >= 0.3 is 6.36 Å². The predicted molar refractivity (Wildman–Crippen MR) is 137 cm³/mol. The molecular formula is C28H33F3N4O3. The first-order valence-electron chi connectivity index (χ1n) is 13.2. The molecule has 3 aliphatic rings. The Morgan fingerprint density at radius 3 is 2.26 bits per heavy atom. The van der Waals surface area contributed by atoms with Gasteiger partial charge < -0.3 is 24.8 Å². The Balaban J connectivity index is 1.12. The molecule has 2 aliphatic heterocycles. The summed E-state index contributed by atoms with van der Waals surface area (Å²) in [6, 6.07) is 13.2. The summed E-state index contributed by atoms with van der Waals surface area (Å²) < 4.78 is 42.3. The fourth-order valence-corrected chi connectivity index (χ4v) is 5.67. The van der Waals surface area contributed by atoms with Crippen LogP contribution >= 0.6 is 0 Å². The monoisotopic (exact) mass is 530 g/mol. The van der Waals surface area contributed by atoms with Gasteiger partial charge in [-0.15, -0.1) is 13.2 Å². The molecule has 1 unspecified atom stereocenters. The molecule has 1 aliphatic carbocycles. The van der Waals surface area contributed by atoms with Gasteiger partial charge in [0.05, 0.1) is 5.56 Å². The zero-order valence-electron chi connectivity index (χ0n) is 21.5. The Kier molecular flexibility index (Phi) is 7.26. The van der Waals surface area contributed by atoms with Gasteiger partial charge in [-0.1, -0.05) is 19.1 Å². The number of para-hydroxylation sites is 1. The number of carbonyl (C=O) groups is 2. The summed E-state index contributed by atoms with van der Waals surface area (Å²) in [6.45, 7) is 8.12. The number of nitrogens with zero attached hydrogens (tertiary/aromatic N) is 3. The van der Waals surface area contributed by atoms with Gasteiger partial charge in [0, 0.05) is 56.6 Å². The third-order valence-corrected chi connectivity index (χ3v) is 8.20. The molecule has 2 heterocycles. The number of benzene rings is 2. The second-order valence-corrected chi connectivity index (χ2v) is 10.4. The van der Waals surface area contributed by atoms with E-state index in [0.717, 1.165) is 50.9 Å². The Hall–Kier alpha value is -3.27. The largest absolute Gasteiger partial charge is 0.573 e. The first-order valence-corrected chi connectivity index (χ1v) is 13.2. The van der Waals surface area contributed by atoms with Crippen LogP contribution < -0.4 is 15.0 Å². The second-order valence-electron chi connectivity index (χ2n) is 10.4. The third kappa shape index (κ3) is 5.75. The summed E-state index contributed by atoms with van der Waals surface area (Å²) in [5, 5.41) is 3.15. The van der Waals surface area contributed by atoms with Crippen molar-refractivity contribution in [2.24, 2.45) is 5.41 Å². The van der Waals surface area contributed by atoms with Crippen LogP contribution in [0.1, 0.15) is 46.9 Å². The van der Waals surface area contributed by atoms with Crippen LogP contribution in [-0.2, 0) is 0 Å². The number of nitrogens with one attached hydrogen (secondary N) is 1. The van der Waals surface area contributed by atoms with E-state index in [1.54, 1.807) is 4.90 Å². The molecule has 204 valence electrons. The highest BCUT2D eigenvalue weighted by Gasteiger charge is 2.56. The fourth-order valence-electron chi connectivity index (χ4n) is 5.67. The molecule has 2 amide bonds. The molecule has 1 atom stereocenters. The van der Waals surface area contributed by atoms with Crippen LogP contribution in [0.4, 0.5) is 18.9 Å². The Morgan fingerprint density at radius 2 is 1.63 bits per heavy atom. The normalized spacial score (nSPS) is 21.3. The lowest BCUT2D eigenvalue weighted by atomic mass is 9.92. The van der Waals surface area contributed by atoms with Gasteiger partial charge in [-0.25, -0.2) is 0 Å². The number of piperidine rings is 1. The molecule has 2 aromatic carbocycles. The molecule has 0 bridgehead atoms. The average Bonchev–Trinajstić information content (AvgIpc) is 3.58. The van der Waals surface area contributed by atoms with E-state index in [9.17, 15) is 22.8 Å². The van der Waals surface area contributed by atoms with Crippen LogP contribution in [0.15, 0.2) is 48.5 Å². The number of alkyl halides is 3. The summed E-state index contributed by atoms with van der Waals surface area (Å²) in [7, 11) is 0. The van der Waals surface area contributed by atoms with E-state index in [4.69, 9.17) is 0 Å². The number of anilines is 1. The van der Waals surface area contributed by atoms with Gasteiger partial charge in [-0.3, -0.25) is 9.59 Å². The summed E-state index contributed by atoms with van der Waals surface area (Å²) in [5.41, 5.74) is 1.58. The molecule has 2 saturated heterocycles. The van der Waals surface area contributed by atoms with Gasteiger partial charge in [-0.2, -0.15) is 0 Å². The number of hydrogen-bond donors (Lipinski definition) is 1. The van der Waals surface area contributed by atoms with Crippen LogP contribution in [-0.4, -0.2) is 79.8 Å². The zero-order valence-corrected chi connectivity index (χ0v) is 21.5. The van der Waals surface area contributed by atoms with Crippen LogP contribution in [0.2, 0.25) is 0 Å². The smallest absolute Gasteiger partial charge is 0.405 e. The lowest BCUT2D eigenvalue weighted by Gasteiger charge is -2.35. The average molecular weight is 531 g/mol. The van der Waals surface area contributed by atoms with E-state index in [2.05, 4.69) is 26.8 Å². The molecule has 1 N–H and O–H groups in total. The maximum Gasteiger partial charge on any atom is 0.573 e. The van der Waals surface area contributed by atoms with E-state index in [1.165, 1.54) is 18.2 Å². The van der Waals surface area contributed by atoms with Gasteiger partial charge in [0.2, 0.25) is 0 Å². The van der Waals surface area contributed by atoms with Gasteiger partial charge in [0.25, 0.3) is 11.8 Å². The van der Waals surface area contributed by atoms with Crippen molar-refractivity contribution in [3.05, 3.63) is 59.7 Å². The molecule has 3 fully saturated rings. The maximum absolute atomic E-state index is 13.0. The number of likely N-dealkylation sites (tertiary alicyclic amines) is 1. The molecule has 10 heteroatoms. The molecule has 1 spiro atoms. The highest BCUT2D eigenvalue weighted by Crippen LogP contribution is 2.54. The molecule has 7 nitrogen and oxygen atoms in total. The van der Waals surface area contributed by atoms with Crippen molar-refractivity contribution in [3.8, 4) is 5.75 Å². The molecule has 0 aromatic heterocycles. The van der Waals surface area contributed by atoms with Crippen molar-refractivity contribution in [2.75, 3.05) is 50.7 Å². The van der Waals surface area contributed by atoms with Crippen molar-refractivity contribution in [3.63, 3.8) is 0 Å². The molecule has 0 radical (unpaired) electrons. The van der Waals surface area contributed by atoms with Crippen molar-refractivity contribution in [1.29, 1.82) is 0 Å². The van der Waals surface area contributed by atoms with Crippen molar-refractivity contribution >= 4 is 17.5 Å². The minimum Gasteiger partial charge on any atom is -0.405 e. The van der Waals surface area contributed by atoms with Gasteiger partial charge in [0.1, 0.15) is 5.75 Å². The lowest BCUT2D eigenvalue weighted by Crippen LogP contribution is -2.46. The number of hydrogen-bond acceptors (Lipinski definition) is 5. The quantitative estimate of drug-likeness (QED) is 0.608. The highest BCUT2D eigenvalue weighted by atomic mass is 19.4. The minimum absolute atomic E-state index is 0.0369. The summed E-state index contributed by atoms with van der Waals surface area (Å²) in [6.07, 6.45) is -2.65. The number of amides is 2. The molecule has 38 heavy (non-hydrogen) atoms. The topological polar surface area (TPSA) is 65.1 Å². The van der Waals surface area contributed by atoms with E-state index in [-0.39, 0.29) is 22.9 Å².